The summed E-state index contributed by atoms with van der Waals surface area (Å²) < 4.78 is 27.5. The quantitative estimate of drug-likeness (QED) is 0.883. The lowest BCUT2D eigenvalue weighted by molar-refractivity contribution is 0.120. The lowest BCUT2D eigenvalue weighted by Gasteiger charge is -2.40. The first kappa shape index (κ1) is 14.4. The SMILES string of the molecule is CC1(C)CCC(CN)C(Cc2c(F)cccc2F)C1. The van der Waals surface area contributed by atoms with Crippen molar-refractivity contribution in [3.05, 3.63) is 35.4 Å². The average molecular weight is 267 g/mol. The smallest absolute Gasteiger partial charge is 0.129 e. The zero-order chi connectivity index (χ0) is 14.0. The van der Waals surface area contributed by atoms with Gasteiger partial charge in [0.25, 0.3) is 0 Å². The zero-order valence-electron chi connectivity index (χ0n) is 11.8. The van der Waals surface area contributed by atoms with Crippen molar-refractivity contribution in [3.63, 3.8) is 0 Å². The molecule has 19 heavy (non-hydrogen) atoms. The van der Waals surface area contributed by atoms with E-state index in [4.69, 9.17) is 5.73 Å². The Bertz CT molecular complexity index is 422. The Morgan fingerprint density at radius 2 is 1.84 bits per heavy atom. The van der Waals surface area contributed by atoms with Gasteiger partial charge in [-0.1, -0.05) is 19.9 Å². The van der Waals surface area contributed by atoms with E-state index in [0.29, 0.717) is 18.9 Å². The molecule has 1 aromatic rings. The van der Waals surface area contributed by atoms with Crippen molar-refractivity contribution < 1.29 is 8.78 Å². The molecule has 0 aliphatic heterocycles. The second kappa shape index (κ2) is 5.58. The zero-order valence-corrected chi connectivity index (χ0v) is 11.8. The highest BCUT2D eigenvalue weighted by Crippen LogP contribution is 2.43. The Labute approximate surface area is 114 Å². The van der Waals surface area contributed by atoms with Gasteiger partial charge in [0.2, 0.25) is 0 Å². The molecule has 1 fully saturated rings. The third kappa shape index (κ3) is 3.33. The van der Waals surface area contributed by atoms with Gasteiger partial charge in [-0.2, -0.15) is 0 Å². The topological polar surface area (TPSA) is 26.0 Å². The van der Waals surface area contributed by atoms with Crippen LogP contribution < -0.4 is 5.73 Å². The van der Waals surface area contributed by atoms with Crippen molar-refractivity contribution in [1.82, 2.24) is 0 Å². The van der Waals surface area contributed by atoms with Crippen molar-refractivity contribution in [2.24, 2.45) is 23.0 Å². The molecule has 0 saturated heterocycles. The number of hydrogen-bond donors (Lipinski definition) is 1. The van der Waals surface area contributed by atoms with E-state index < -0.39 is 11.6 Å². The molecule has 0 amide bonds. The van der Waals surface area contributed by atoms with E-state index in [2.05, 4.69) is 13.8 Å². The highest BCUT2D eigenvalue weighted by molar-refractivity contribution is 5.20. The molecule has 2 N–H and O–H groups in total. The largest absolute Gasteiger partial charge is 0.330 e. The van der Waals surface area contributed by atoms with Gasteiger partial charge in [0.05, 0.1) is 0 Å². The summed E-state index contributed by atoms with van der Waals surface area (Å²) in [6.07, 6.45) is 3.65. The number of rotatable bonds is 3. The number of halogens is 2. The lowest BCUT2D eigenvalue weighted by Crippen LogP contribution is -2.35. The normalized spacial score (nSPS) is 26.4. The van der Waals surface area contributed by atoms with Crippen LogP contribution in [0.4, 0.5) is 8.78 Å². The van der Waals surface area contributed by atoms with Gasteiger partial charge in [0, 0.05) is 5.56 Å². The second-order valence-corrected chi connectivity index (χ2v) is 6.57. The van der Waals surface area contributed by atoms with Crippen LogP contribution in [0.5, 0.6) is 0 Å². The first-order valence-corrected chi connectivity index (χ1v) is 7.06. The first-order valence-electron chi connectivity index (χ1n) is 7.06. The molecule has 0 spiro atoms. The molecule has 2 unspecified atom stereocenters. The third-order valence-corrected chi connectivity index (χ3v) is 4.50. The van der Waals surface area contributed by atoms with Crippen molar-refractivity contribution in [1.29, 1.82) is 0 Å². The van der Waals surface area contributed by atoms with Gasteiger partial charge < -0.3 is 5.73 Å². The van der Waals surface area contributed by atoms with Crippen LogP contribution in [0.1, 0.15) is 38.7 Å². The summed E-state index contributed by atoms with van der Waals surface area (Å²) in [5.74, 6) is -0.203. The Hall–Kier alpha value is -0.960. The van der Waals surface area contributed by atoms with Crippen LogP contribution in [0.2, 0.25) is 0 Å². The van der Waals surface area contributed by atoms with Gasteiger partial charge in [0.15, 0.2) is 0 Å². The molecule has 0 bridgehead atoms. The Morgan fingerprint density at radius 1 is 1.21 bits per heavy atom. The predicted molar refractivity (Wildman–Crippen MR) is 73.7 cm³/mol. The van der Waals surface area contributed by atoms with E-state index in [0.717, 1.165) is 19.3 Å². The minimum absolute atomic E-state index is 0.226. The molecule has 1 saturated carbocycles. The van der Waals surface area contributed by atoms with Crippen molar-refractivity contribution in [2.45, 2.75) is 39.5 Å². The standard InChI is InChI=1S/C16H23F2N/c1-16(2)7-6-11(10-19)12(9-16)8-13-14(17)4-3-5-15(13)18/h3-5,11-12H,6-10,19H2,1-2H3. The van der Waals surface area contributed by atoms with E-state index in [1.807, 2.05) is 0 Å². The third-order valence-electron chi connectivity index (χ3n) is 4.50. The number of benzene rings is 1. The maximum Gasteiger partial charge on any atom is 0.129 e. The molecule has 106 valence electrons. The number of nitrogens with two attached hydrogens (primary N) is 1. The van der Waals surface area contributed by atoms with Crippen LogP contribution in [-0.4, -0.2) is 6.54 Å². The van der Waals surface area contributed by atoms with Crippen LogP contribution in [0.3, 0.4) is 0 Å². The minimum Gasteiger partial charge on any atom is -0.330 e. The average Bonchev–Trinajstić information content (AvgIpc) is 2.33. The molecule has 2 rings (SSSR count). The fraction of sp³-hybridized carbons (Fsp3) is 0.625. The summed E-state index contributed by atoms with van der Waals surface area (Å²) in [4.78, 5) is 0. The Balaban J connectivity index is 2.19. The highest BCUT2D eigenvalue weighted by Gasteiger charge is 2.34. The lowest BCUT2D eigenvalue weighted by atomic mass is 9.65. The summed E-state index contributed by atoms with van der Waals surface area (Å²) in [5, 5.41) is 0. The summed E-state index contributed by atoms with van der Waals surface area (Å²) in [7, 11) is 0. The fourth-order valence-electron chi connectivity index (χ4n) is 3.33. The molecule has 3 heteroatoms. The monoisotopic (exact) mass is 267 g/mol. The maximum atomic E-state index is 13.8. The molecule has 0 radical (unpaired) electrons. The highest BCUT2D eigenvalue weighted by atomic mass is 19.1. The second-order valence-electron chi connectivity index (χ2n) is 6.57. The van der Waals surface area contributed by atoms with Gasteiger partial charge in [-0.05, 0) is 61.6 Å². The molecular weight excluding hydrogens is 244 g/mol. The molecule has 0 heterocycles. The van der Waals surface area contributed by atoms with Crippen LogP contribution in [0, 0.1) is 28.9 Å². The maximum absolute atomic E-state index is 13.8. The summed E-state index contributed by atoms with van der Waals surface area (Å²) >= 11 is 0. The van der Waals surface area contributed by atoms with Gasteiger partial charge in [-0.3, -0.25) is 0 Å². The van der Waals surface area contributed by atoms with Gasteiger partial charge in [0.1, 0.15) is 11.6 Å². The van der Waals surface area contributed by atoms with Crippen LogP contribution in [-0.2, 0) is 6.42 Å². The van der Waals surface area contributed by atoms with E-state index in [-0.39, 0.29) is 16.9 Å². The van der Waals surface area contributed by atoms with Crippen molar-refractivity contribution in [3.8, 4) is 0 Å². The fourth-order valence-corrected chi connectivity index (χ4v) is 3.33. The van der Waals surface area contributed by atoms with Crippen LogP contribution >= 0.6 is 0 Å². The van der Waals surface area contributed by atoms with Crippen LogP contribution in [0.25, 0.3) is 0 Å². The first-order chi connectivity index (χ1) is 8.93. The van der Waals surface area contributed by atoms with Crippen LogP contribution in [0.15, 0.2) is 18.2 Å². The summed E-state index contributed by atoms with van der Waals surface area (Å²) in [6.45, 7) is 5.06. The van der Waals surface area contributed by atoms with E-state index in [9.17, 15) is 8.78 Å². The van der Waals surface area contributed by atoms with Crippen molar-refractivity contribution >= 4 is 0 Å². The van der Waals surface area contributed by atoms with Gasteiger partial charge in [-0.15, -0.1) is 0 Å². The molecular formula is C16H23F2N. The van der Waals surface area contributed by atoms with Gasteiger partial charge in [-0.25, -0.2) is 8.78 Å². The molecule has 1 nitrogen and oxygen atoms in total. The molecule has 1 aliphatic rings. The van der Waals surface area contributed by atoms with E-state index in [1.54, 1.807) is 0 Å². The Kier molecular flexibility index (Phi) is 4.24. The van der Waals surface area contributed by atoms with E-state index in [1.165, 1.54) is 18.2 Å². The molecule has 0 aromatic heterocycles. The summed E-state index contributed by atoms with van der Waals surface area (Å²) in [5.41, 5.74) is 6.30. The van der Waals surface area contributed by atoms with Gasteiger partial charge >= 0.3 is 0 Å². The number of hydrogen-bond acceptors (Lipinski definition) is 1. The molecule has 1 aliphatic carbocycles. The molecule has 2 atom stereocenters. The minimum atomic E-state index is -0.431. The van der Waals surface area contributed by atoms with E-state index >= 15 is 0 Å². The predicted octanol–water partition coefficient (Wildman–Crippen LogP) is 3.91. The summed E-state index contributed by atoms with van der Waals surface area (Å²) in [6, 6.07) is 4.09. The van der Waals surface area contributed by atoms with Crippen molar-refractivity contribution in [2.75, 3.05) is 6.54 Å². The molecule has 1 aromatic carbocycles. The Morgan fingerprint density at radius 3 is 2.42 bits per heavy atom.